The van der Waals surface area contributed by atoms with E-state index >= 15 is 0 Å². The van der Waals surface area contributed by atoms with E-state index in [1.165, 1.54) is 24.7 Å². The molecular weight excluding hydrogens is 536 g/mol. The largest absolute Gasteiger partial charge is 0.508 e. The Morgan fingerprint density at radius 1 is 0.825 bits per heavy atom. The molecule has 0 aliphatic heterocycles. The number of carboxylic acid groups (broad SMARTS) is 1. The molecule has 212 valence electrons. The van der Waals surface area contributed by atoms with Gasteiger partial charge in [0.05, 0.1) is 12.4 Å². The minimum atomic E-state index is -1.29. The van der Waals surface area contributed by atoms with Gasteiger partial charge < -0.3 is 36.9 Å². The predicted molar refractivity (Wildman–Crippen MR) is 150 cm³/mol. The maximum absolute atomic E-state index is 13.5. The maximum Gasteiger partial charge on any atom is 0.326 e. The lowest BCUT2D eigenvalue weighted by atomic mass is 10.0. The van der Waals surface area contributed by atoms with Crippen molar-refractivity contribution in [1.29, 1.82) is 0 Å². The van der Waals surface area contributed by atoms with Gasteiger partial charge in [-0.1, -0.05) is 42.5 Å². The minimum absolute atomic E-state index is 0.0357. The molecule has 1 aromatic heterocycles. The third kappa shape index (κ3) is 9.13. The second-order valence-electron chi connectivity index (χ2n) is 9.15. The highest BCUT2D eigenvalue weighted by Crippen LogP contribution is 2.12. The van der Waals surface area contributed by atoms with Crippen LogP contribution in [-0.2, 0) is 38.4 Å². The highest BCUT2D eigenvalue weighted by Gasteiger charge is 2.31. The van der Waals surface area contributed by atoms with Crippen molar-refractivity contribution in [3.63, 3.8) is 0 Å². The molecule has 4 unspecified atom stereocenters. The fourth-order valence-corrected chi connectivity index (χ4v) is 4.02. The number of carbonyl (C=O) groups excluding carboxylic acids is 3. The number of aliphatic carboxylic acids is 1. The molecule has 4 atom stereocenters. The van der Waals surface area contributed by atoms with E-state index in [0.29, 0.717) is 11.3 Å². The number of benzene rings is 2. The molecule has 0 fully saturated rings. The second-order valence-corrected chi connectivity index (χ2v) is 9.52. The molecule has 3 aromatic rings. The van der Waals surface area contributed by atoms with Gasteiger partial charge in [-0.3, -0.25) is 14.4 Å². The molecule has 40 heavy (non-hydrogen) atoms. The summed E-state index contributed by atoms with van der Waals surface area (Å²) in [5.74, 6) is -3.18. The van der Waals surface area contributed by atoms with Crippen molar-refractivity contribution in [2.75, 3.05) is 5.75 Å². The molecule has 0 bridgehead atoms. The number of amides is 3. The molecule has 2 aromatic carbocycles. The van der Waals surface area contributed by atoms with Crippen LogP contribution < -0.4 is 21.7 Å². The summed E-state index contributed by atoms with van der Waals surface area (Å²) < 4.78 is 0. The Balaban J connectivity index is 1.83. The Kier molecular flexibility index (Phi) is 11.1. The molecule has 1 heterocycles. The fraction of sp³-hybridized carbons (Fsp3) is 0.296. The zero-order valence-corrected chi connectivity index (χ0v) is 22.4. The number of carboxylic acids is 1. The summed E-state index contributed by atoms with van der Waals surface area (Å²) in [4.78, 5) is 58.0. The van der Waals surface area contributed by atoms with Crippen LogP contribution in [-0.4, -0.2) is 73.8 Å². The number of hydrogen-bond acceptors (Lipinski definition) is 8. The summed E-state index contributed by atoms with van der Waals surface area (Å²) in [6, 6.07) is 10.4. The summed E-state index contributed by atoms with van der Waals surface area (Å²) in [5, 5.41) is 27.1. The molecule has 13 heteroatoms. The number of phenols is 1. The van der Waals surface area contributed by atoms with Crippen LogP contribution in [0, 0.1) is 0 Å². The van der Waals surface area contributed by atoms with Gasteiger partial charge in [-0.2, -0.15) is 12.6 Å². The Morgan fingerprint density at radius 3 is 1.90 bits per heavy atom. The predicted octanol–water partition coefficient (Wildman–Crippen LogP) is -0.0607. The number of rotatable bonds is 14. The van der Waals surface area contributed by atoms with Gasteiger partial charge in [0.1, 0.15) is 23.9 Å². The topological polar surface area (TPSA) is 200 Å². The van der Waals surface area contributed by atoms with Crippen molar-refractivity contribution in [1.82, 2.24) is 25.9 Å². The Hall–Kier alpha value is -4.36. The molecular formula is C27H32N6O6S. The number of nitrogens with zero attached hydrogens (tertiary/aromatic N) is 1. The standard InChI is InChI=1S/C27H32N6O6S/c28-20(14-40)24(35)31-21(11-17-6-8-19(34)9-7-17)25(36)32-22(10-16-4-2-1-3-5-16)26(37)33-23(27(38)39)12-18-13-29-15-30-18/h1-9,13,15,20-23,34,40H,10-12,14,28H2,(H,29,30)(H,31,35)(H,32,36)(H,33,37)(H,38,39). The van der Waals surface area contributed by atoms with Crippen molar-refractivity contribution >= 4 is 36.3 Å². The lowest BCUT2D eigenvalue weighted by molar-refractivity contribution is -0.142. The normalized spacial score (nSPS) is 13.8. The van der Waals surface area contributed by atoms with E-state index in [1.807, 2.05) is 0 Å². The third-order valence-electron chi connectivity index (χ3n) is 6.05. The second kappa shape index (κ2) is 14.7. The average molecular weight is 569 g/mol. The van der Waals surface area contributed by atoms with Crippen LogP contribution in [0.3, 0.4) is 0 Å². The SMILES string of the molecule is NC(CS)C(=O)NC(Cc1ccc(O)cc1)C(=O)NC(Cc1ccccc1)C(=O)NC(Cc1cnc[nH]1)C(=O)O. The number of nitrogens with one attached hydrogen (secondary N) is 4. The van der Waals surface area contributed by atoms with Crippen LogP contribution in [0.1, 0.15) is 16.8 Å². The lowest BCUT2D eigenvalue weighted by Crippen LogP contribution is -2.58. The molecule has 0 aliphatic rings. The molecule has 3 amide bonds. The summed E-state index contributed by atoms with van der Waals surface area (Å²) in [6.45, 7) is 0. The third-order valence-corrected chi connectivity index (χ3v) is 6.45. The Bertz CT molecular complexity index is 1270. The first-order valence-electron chi connectivity index (χ1n) is 12.5. The number of H-pyrrole nitrogens is 1. The monoisotopic (exact) mass is 568 g/mol. The number of aromatic hydroxyl groups is 1. The lowest BCUT2D eigenvalue weighted by Gasteiger charge is -2.25. The number of nitrogens with two attached hydrogens (primary N) is 1. The first-order chi connectivity index (χ1) is 19.2. The zero-order chi connectivity index (χ0) is 29.1. The summed E-state index contributed by atoms with van der Waals surface area (Å²) in [6.07, 6.45) is 2.90. The number of aromatic nitrogens is 2. The highest BCUT2D eigenvalue weighted by molar-refractivity contribution is 7.80. The smallest absolute Gasteiger partial charge is 0.326 e. The fourth-order valence-electron chi connectivity index (χ4n) is 3.86. The van der Waals surface area contributed by atoms with Gasteiger partial charge >= 0.3 is 5.97 Å². The summed E-state index contributed by atoms with van der Waals surface area (Å²) in [7, 11) is 0. The van der Waals surface area contributed by atoms with E-state index in [0.717, 1.165) is 5.56 Å². The molecule has 3 rings (SSSR count). The van der Waals surface area contributed by atoms with Crippen molar-refractivity contribution in [3.8, 4) is 5.75 Å². The van der Waals surface area contributed by atoms with Crippen LogP contribution in [0.25, 0.3) is 0 Å². The van der Waals surface area contributed by atoms with Crippen molar-refractivity contribution in [2.45, 2.75) is 43.4 Å². The van der Waals surface area contributed by atoms with E-state index in [2.05, 4.69) is 38.5 Å². The molecule has 0 saturated heterocycles. The number of aromatic amines is 1. The van der Waals surface area contributed by atoms with Gasteiger partial charge in [0.15, 0.2) is 0 Å². The van der Waals surface area contributed by atoms with Gasteiger partial charge in [-0.05, 0) is 23.3 Å². The zero-order valence-electron chi connectivity index (χ0n) is 21.5. The molecule has 0 saturated carbocycles. The van der Waals surface area contributed by atoms with Gasteiger partial charge in [0, 0.05) is 36.9 Å². The van der Waals surface area contributed by atoms with Gasteiger partial charge in [-0.15, -0.1) is 0 Å². The molecule has 0 spiro atoms. The highest BCUT2D eigenvalue weighted by atomic mass is 32.1. The van der Waals surface area contributed by atoms with E-state index < -0.39 is 47.9 Å². The average Bonchev–Trinajstić information content (AvgIpc) is 3.46. The van der Waals surface area contributed by atoms with Crippen LogP contribution in [0.2, 0.25) is 0 Å². The van der Waals surface area contributed by atoms with E-state index in [9.17, 15) is 29.4 Å². The first-order valence-corrected chi connectivity index (χ1v) is 13.1. The summed E-state index contributed by atoms with van der Waals surface area (Å²) >= 11 is 4.04. The Labute approximate surface area is 236 Å². The maximum atomic E-state index is 13.5. The van der Waals surface area contributed by atoms with Crippen LogP contribution in [0.5, 0.6) is 5.75 Å². The molecule has 0 radical (unpaired) electrons. The molecule has 12 nitrogen and oxygen atoms in total. The van der Waals surface area contributed by atoms with E-state index in [-0.39, 0.29) is 30.8 Å². The van der Waals surface area contributed by atoms with Crippen LogP contribution in [0.15, 0.2) is 67.1 Å². The number of carbonyl (C=O) groups is 4. The summed E-state index contributed by atoms with van der Waals surface area (Å²) in [5.41, 5.74) is 7.65. The van der Waals surface area contributed by atoms with Gasteiger partial charge in [0.2, 0.25) is 17.7 Å². The van der Waals surface area contributed by atoms with Crippen molar-refractivity contribution in [3.05, 3.63) is 83.9 Å². The molecule has 8 N–H and O–H groups in total. The first kappa shape index (κ1) is 30.2. The van der Waals surface area contributed by atoms with Crippen LogP contribution >= 0.6 is 12.6 Å². The van der Waals surface area contributed by atoms with E-state index in [1.54, 1.807) is 42.5 Å². The number of imidazole rings is 1. The van der Waals surface area contributed by atoms with Crippen molar-refractivity contribution < 1.29 is 29.4 Å². The molecule has 0 aliphatic carbocycles. The number of thiol groups is 1. The number of phenolic OH excluding ortho intramolecular Hbond substituents is 1. The minimum Gasteiger partial charge on any atom is -0.508 e. The van der Waals surface area contributed by atoms with Gasteiger partial charge in [-0.25, -0.2) is 9.78 Å². The van der Waals surface area contributed by atoms with Crippen LogP contribution in [0.4, 0.5) is 0 Å². The quantitative estimate of drug-likeness (QED) is 0.124. The van der Waals surface area contributed by atoms with Gasteiger partial charge in [0.25, 0.3) is 0 Å². The Morgan fingerprint density at radius 2 is 1.38 bits per heavy atom. The van der Waals surface area contributed by atoms with Crippen molar-refractivity contribution in [2.24, 2.45) is 5.73 Å². The van der Waals surface area contributed by atoms with E-state index in [4.69, 9.17) is 5.73 Å². The number of hydrogen-bond donors (Lipinski definition) is 8.